The lowest BCUT2D eigenvalue weighted by Gasteiger charge is -2.41. The summed E-state index contributed by atoms with van der Waals surface area (Å²) < 4.78 is 9.75. The third-order valence-electron chi connectivity index (χ3n) is 8.75. The largest absolute Gasteiger partial charge is 0.467 e. The Kier molecular flexibility index (Phi) is 9.61. The van der Waals surface area contributed by atoms with Crippen LogP contribution in [0.2, 0.25) is 0 Å². The summed E-state index contributed by atoms with van der Waals surface area (Å²) in [7, 11) is 6.36. The molecule has 1 aromatic carbocycles. The van der Waals surface area contributed by atoms with E-state index in [2.05, 4.69) is 16.7 Å². The van der Waals surface area contributed by atoms with Crippen LogP contribution < -0.4 is 10.6 Å². The van der Waals surface area contributed by atoms with Gasteiger partial charge in [-0.1, -0.05) is 24.3 Å². The average molecular weight is 543 g/mol. The van der Waals surface area contributed by atoms with Crippen LogP contribution in [0.5, 0.6) is 0 Å². The number of nitrogens with one attached hydrogen (secondary N) is 2. The minimum absolute atomic E-state index is 0.00917. The Hall–Kier alpha value is -2.98. The standard InChI is InChI=1S/C17H22N2O3.C12H20N2O3/c1-18-13-8-5-9-14-12-7-4-3-6-11(12)10-15(17(21)22-2)19(14)16(13)20;1-13-9-5-3-4-8-6-7-10(12(16)17-2)14(8)11(9)15/h3-4,6-7,13-15,18H,5,8-10H2,1-2H3;8-10,13H,3-7H2,1-2H3/t13-,14?,15?;8?,9-,10?/m00/s1. The Bertz CT molecular complexity index is 1060. The van der Waals surface area contributed by atoms with Crippen molar-refractivity contribution in [2.24, 2.45) is 0 Å². The number of methoxy groups -OCH3 is 2. The van der Waals surface area contributed by atoms with Gasteiger partial charge in [-0.15, -0.1) is 0 Å². The van der Waals surface area contributed by atoms with Gasteiger partial charge in [-0.05, 0) is 76.6 Å². The molecule has 0 bridgehead atoms. The zero-order valence-corrected chi connectivity index (χ0v) is 23.5. The van der Waals surface area contributed by atoms with E-state index >= 15 is 0 Å². The van der Waals surface area contributed by atoms with Crippen molar-refractivity contribution in [1.29, 1.82) is 0 Å². The van der Waals surface area contributed by atoms with Crippen molar-refractivity contribution in [3.8, 4) is 0 Å². The number of hydrogen-bond donors (Lipinski definition) is 2. The second-order valence-corrected chi connectivity index (χ2v) is 10.8. The van der Waals surface area contributed by atoms with Crippen LogP contribution in [0.15, 0.2) is 24.3 Å². The predicted molar refractivity (Wildman–Crippen MR) is 145 cm³/mol. The van der Waals surface area contributed by atoms with E-state index in [1.165, 1.54) is 19.8 Å². The molecule has 0 saturated carbocycles. The highest BCUT2D eigenvalue weighted by Gasteiger charge is 2.45. The topological polar surface area (TPSA) is 117 Å². The van der Waals surface area contributed by atoms with Gasteiger partial charge in [0.1, 0.15) is 12.1 Å². The van der Waals surface area contributed by atoms with Crippen molar-refractivity contribution in [2.75, 3.05) is 28.3 Å². The smallest absolute Gasteiger partial charge is 0.328 e. The monoisotopic (exact) mass is 542 g/mol. The van der Waals surface area contributed by atoms with E-state index in [4.69, 9.17) is 9.47 Å². The number of nitrogens with zero attached hydrogens (tertiary/aromatic N) is 2. The van der Waals surface area contributed by atoms with Gasteiger partial charge in [0.05, 0.1) is 32.3 Å². The number of benzene rings is 1. The molecule has 214 valence electrons. The Morgan fingerprint density at radius 1 is 0.769 bits per heavy atom. The number of carbonyl (C=O) groups is 4. The first-order valence-electron chi connectivity index (χ1n) is 14.1. The minimum atomic E-state index is -0.522. The second kappa shape index (κ2) is 12.9. The van der Waals surface area contributed by atoms with Gasteiger partial charge in [0, 0.05) is 12.5 Å². The van der Waals surface area contributed by atoms with E-state index in [0.29, 0.717) is 6.42 Å². The summed E-state index contributed by atoms with van der Waals surface area (Å²) >= 11 is 0. The van der Waals surface area contributed by atoms with Crippen LogP contribution in [-0.2, 0) is 35.1 Å². The fraction of sp³-hybridized carbons (Fsp3) is 0.655. The first-order valence-corrected chi connectivity index (χ1v) is 14.1. The minimum Gasteiger partial charge on any atom is -0.467 e. The van der Waals surface area contributed by atoms with E-state index in [1.54, 1.807) is 23.9 Å². The van der Waals surface area contributed by atoms with Gasteiger partial charge in [0.2, 0.25) is 11.8 Å². The van der Waals surface area contributed by atoms with Gasteiger partial charge < -0.3 is 29.9 Å². The molecule has 3 saturated heterocycles. The number of rotatable bonds is 4. The lowest BCUT2D eigenvalue weighted by atomic mass is 9.86. The van der Waals surface area contributed by atoms with Crippen LogP contribution in [0.25, 0.3) is 0 Å². The zero-order valence-electron chi connectivity index (χ0n) is 23.5. The molecule has 39 heavy (non-hydrogen) atoms. The summed E-state index contributed by atoms with van der Waals surface area (Å²) in [6, 6.07) is 7.05. The maximum absolute atomic E-state index is 12.9. The van der Waals surface area contributed by atoms with Crippen LogP contribution in [0.4, 0.5) is 0 Å². The maximum atomic E-state index is 12.9. The lowest BCUT2D eigenvalue weighted by Crippen LogP contribution is -2.55. The molecule has 4 heterocycles. The molecule has 1 aromatic rings. The molecule has 5 rings (SSSR count). The van der Waals surface area contributed by atoms with Crippen molar-refractivity contribution < 1.29 is 28.7 Å². The summed E-state index contributed by atoms with van der Waals surface area (Å²) in [5.41, 5.74) is 2.32. The Morgan fingerprint density at radius 2 is 1.36 bits per heavy atom. The highest BCUT2D eigenvalue weighted by Crippen LogP contribution is 2.39. The average Bonchev–Trinajstić information content (AvgIpc) is 3.23. The van der Waals surface area contributed by atoms with Gasteiger partial charge in [-0.25, -0.2) is 9.59 Å². The normalized spacial score (nSPS) is 30.1. The van der Waals surface area contributed by atoms with Crippen molar-refractivity contribution in [3.63, 3.8) is 0 Å². The first-order chi connectivity index (χ1) is 18.9. The fourth-order valence-electron chi connectivity index (χ4n) is 6.74. The number of amides is 2. The maximum Gasteiger partial charge on any atom is 0.328 e. The van der Waals surface area contributed by atoms with E-state index in [9.17, 15) is 19.2 Å². The third kappa shape index (κ3) is 5.82. The van der Waals surface area contributed by atoms with Gasteiger partial charge >= 0.3 is 11.9 Å². The number of likely N-dealkylation sites (N-methyl/N-ethyl adjacent to an activating group) is 2. The van der Waals surface area contributed by atoms with Crippen LogP contribution in [-0.4, -0.2) is 92.1 Å². The van der Waals surface area contributed by atoms with E-state index in [1.807, 2.05) is 18.2 Å². The molecule has 4 unspecified atom stereocenters. The Morgan fingerprint density at radius 3 is 2.00 bits per heavy atom. The third-order valence-corrected chi connectivity index (χ3v) is 8.75. The number of esters is 2. The molecule has 6 atom stereocenters. The summed E-state index contributed by atoms with van der Waals surface area (Å²) in [6.07, 6.45) is 7.72. The Balaban J connectivity index is 0.000000187. The molecule has 10 heteroatoms. The molecular formula is C29H42N4O6. The molecule has 3 fully saturated rings. The van der Waals surface area contributed by atoms with Crippen molar-refractivity contribution in [1.82, 2.24) is 20.4 Å². The molecule has 0 spiro atoms. The first kappa shape index (κ1) is 29.0. The number of ether oxygens (including phenoxy) is 2. The second-order valence-electron chi connectivity index (χ2n) is 10.8. The van der Waals surface area contributed by atoms with Gasteiger partial charge in [0.15, 0.2) is 0 Å². The Labute approximate surface area is 230 Å². The van der Waals surface area contributed by atoms with Crippen molar-refractivity contribution in [2.45, 2.75) is 94.0 Å². The van der Waals surface area contributed by atoms with Gasteiger partial charge in [-0.3, -0.25) is 9.59 Å². The quantitative estimate of drug-likeness (QED) is 0.553. The zero-order chi connectivity index (χ0) is 28.1. The molecular weight excluding hydrogens is 500 g/mol. The van der Waals surface area contributed by atoms with Crippen LogP contribution in [0.1, 0.15) is 68.5 Å². The van der Waals surface area contributed by atoms with Gasteiger partial charge in [-0.2, -0.15) is 0 Å². The molecule has 2 N–H and O–H groups in total. The van der Waals surface area contributed by atoms with Crippen LogP contribution in [0, 0.1) is 0 Å². The molecule has 0 aliphatic carbocycles. The molecule has 2 amide bonds. The molecule has 10 nitrogen and oxygen atoms in total. The molecule has 4 aliphatic rings. The number of carbonyl (C=O) groups excluding carboxylic acids is 4. The number of hydrogen-bond acceptors (Lipinski definition) is 8. The highest BCUT2D eigenvalue weighted by molar-refractivity contribution is 5.89. The predicted octanol–water partition coefficient (Wildman–Crippen LogP) is 1.72. The molecule has 4 aliphatic heterocycles. The van der Waals surface area contributed by atoms with Gasteiger partial charge in [0.25, 0.3) is 0 Å². The SMILES string of the molecule is CN[C@H]1CCCC2CCC(C(=O)OC)N2C1=O.CN[C@H]1CCCC2c3ccccc3CC(C(=O)OC)N2C1=O. The number of fused-ring (bicyclic) bond motifs is 4. The van der Waals surface area contributed by atoms with E-state index < -0.39 is 6.04 Å². The molecule has 0 radical (unpaired) electrons. The van der Waals surface area contributed by atoms with Crippen molar-refractivity contribution >= 4 is 23.8 Å². The van der Waals surface area contributed by atoms with Crippen LogP contribution in [0.3, 0.4) is 0 Å². The summed E-state index contributed by atoms with van der Waals surface area (Å²) in [5.74, 6) is -0.542. The summed E-state index contributed by atoms with van der Waals surface area (Å²) in [5, 5.41) is 6.13. The molecule has 0 aromatic heterocycles. The lowest BCUT2D eigenvalue weighted by molar-refractivity contribution is -0.156. The summed E-state index contributed by atoms with van der Waals surface area (Å²) in [6.45, 7) is 0. The fourth-order valence-corrected chi connectivity index (χ4v) is 6.74. The van der Waals surface area contributed by atoms with E-state index in [-0.39, 0.29) is 54.0 Å². The van der Waals surface area contributed by atoms with Crippen molar-refractivity contribution in [3.05, 3.63) is 35.4 Å². The van der Waals surface area contributed by atoms with Crippen LogP contribution >= 0.6 is 0 Å². The highest BCUT2D eigenvalue weighted by atomic mass is 16.5. The van der Waals surface area contributed by atoms with E-state index in [0.717, 1.165) is 56.9 Å². The summed E-state index contributed by atoms with van der Waals surface area (Å²) in [4.78, 5) is 52.7.